The van der Waals surface area contributed by atoms with Crippen molar-refractivity contribution < 1.29 is 39.2 Å². The first kappa shape index (κ1) is 41.9. The predicted molar refractivity (Wildman–Crippen MR) is 185 cm³/mol. The SMILES string of the molecule is COC(CC(C)C(O)/C=C/C=C/CNC(=O)C(C)C(O)\C(C)=C/C=C\C=C\C(C)=C(C)C)C(O)(C(C)C=O)C1(N(C)C)C(=O)OC1C. The third kappa shape index (κ3) is 9.93. The van der Waals surface area contributed by atoms with E-state index in [0.717, 1.165) is 0 Å². The number of allylic oxidation sites excluding steroid dienone is 9. The number of aliphatic hydroxyl groups excluding tert-OH is 2. The van der Waals surface area contributed by atoms with Crippen LogP contribution >= 0.6 is 0 Å². The zero-order chi connectivity index (χ0) is 36.1. The quantitative estimate of drug-likeness (QED) is 0.0924. The number of carbonyl (C=O) groups is 3. The highest BCUT2D eigenvalue weighted by Crippen LogP contribution is 2.48. The maximum Gasteiger partial charge on any atom is 0.333 e. The van der Waals surface area contributed by atoms with Crippen LogP contribution in [0.3, 0.4) is 0 Å². The van der Waals surface area contributed by atoms with Crippen LogP contribution in [0.15, 0.2) is 71.4 Å². The molecule has 4 N–H and O–H groups in total. The van der Waals surface area contributed by atoms with Crippen LogP contribution in [0.4, 0.5) is 0 Å². The average molecular weight is 659 g/mol. The zero-order valence-corrected chi connectivity index (χ0v) is 30.1. The van der Waals surface area contributed by atoms with Crippen LogP contribution in [0.25, 0.3) is 0 Å². The fourth-order valence-corrected chi connectivity index (χ4v) is 5.87. The Morgan fingerprint density at radius 3 is 2.23 bits per heavy atom. The van der Waals surface area contributed by atoms with Gasteiger partial charge in [-0.25, -0.2) is 4.79 Å². The molecule has 10 heteroatoms. The Labute approximate surface area is 281 Å². The van der Waals surface area contributed by atoms with Gasteiger partial charge in [0.1, 0.15) is 18.0 Å². The molecular weight excluding hydrogens is 600 g/mol. The van der Waals surface area contributed by atoms with Crippen molar-refractivity contribution in [3.63, 3.8) is 0 Å². The number of aldehydes is 1. The van der Waals surface area contributed by atoms with E-state index in [1.165, 1.54) is 25.2 Å². The number of cyclic esters (lactones) is 1. The van der Waals surface area contributed by atoms with Gasteiger partial charge in [0.15, 0.2) is 5.54 Å². The van der Waals surface area contributed by atoms with Crippen molar-refractivity contribution in [1.82, 2.24) is 10.2 Å². The highest BCUT2D eigenvalue weighted by Gasteiger charge is 2.73. The van der Waals surface area contributed by atoms with Crippen molar-refractivity contribution in [3.8, 4) is 0 Å². The molecule has 9 atom stereocenters. The molecule has 1 amide bonds. The molecule has 10 nitrogen and oxygen atoms in total. The van der Waals surface area contributed by atoms with E-state index < -0.39 is 59.3 Å². The summed E-state index contributed by atoms with van der Waals surface area (Å²) in [6, 6.07) is 0. The number of hydrogen-bond acceptors (Lipinski definition) is 9. The van der Waals surface area contributed by atoms with E-state index in [0.29, 0.717) is 11.9 Å². The Bertz CT molecular complexity index is 1240. The van der Waals surface area contributed by atoms with E-state index in [-0.39, 0.29) is 18.9 Å². The monoisotopic (exact) mass is 658 g/mol. The first-order chi connectivity index (χ1) is 21.9. The number of nitrogens with zero attached hydrogens (tertiary/aromatic N) is 1. The molecule has 0 bridgehead atoms. The lowest BCUT2D eigenvalue weighted by atomic mass is 9.62. The molecule has 1 heterocycles. The summed E-state index contributed by atoms with van der Waals surface area (Å²) in [6.07, 6.45) is 13.2. The summed E-state index contributed by atoms with van der Waals surface area (Å²) in [6.45, 7) is 14.8. The molecule has 0 spiro atoms. The molecule has 0 aromatic carbocycles. The minimum atomic E-state index is -1.94. The van der Waals surface area contributed by atoms with Gasteiger partial charge in [0.25, 0.3) is 0 Å². The van der Waals surface area contributed by atoms with Crippen LogP contribution in [0.2, 0.25) is 0 Å². The fourth-order valence-electron chi connectivity index (χ4n) is 5.87. The van der Waals surface area contributed by atoms with E-state index in [1.807, 2.05) is 31.2 Å². The summed E-state index contributed by atoms with van der Waals surface area (Å²) in [4.78, 5) is 39.0. The number of aliphatic hydroxyl groups is 3. The van der Waals surface area contributed by atoms with Gasteiger partial charge in [-0.1, -0.05) is 86.6 Å². The van der Waals surface area contributed by atoms with Crippen LogP contribution in [-0.4, -0.2) is 102 Å². The maximum atomic E-state index is 12.9. The van der Waals surface area contributed by atoms with E-state index in [4.69, 9.17) is 9.47 Å². The number of rotatable bonds is 19. The Kier molecular flexibility index (Phi) is 16.9. The predicted octanol–water partition coefficient (Wildman–Crippen LogP) is 3.84. The summed E-state index contributed by atoms with van der Waals surface area (Å²) in [5.74, 6) is -2.99. The molecule has 0 saturated carbocycles. The minimum absolute atomic E-state index is 0.141. The van der Waals surface area contributed by atoms with Gasteiger partial charge in [0.05, 0.1) is 24.2 Å². The number of ether oxygens (including phenoxy) is 2. The summed E-state index contributed by atoms with van der Waals surface area (Å²) in [5.41, 5.74) is -0.341. The first-order valence-electron chi connectivity index (χ1n) is 16.2. The van der Waals surface area contributed by atoms with Crippen molar-refractivity contribution in [2.75, 3.05) is 27.7 Å². The van der Waals surface area contributed by atoms with Crippen molar-refractivity contribution in [2.45, 2.75) is 97.4 Å². The standard InChI is InChI=1S/C37H58N2O8/c1-24(2)25(3)18-14-12-15-19-26(4)33(42)29(7)34(43)38-21-17-13-16-20-31(41)27(5)22-32(46-11)37(45,28(6)23-40)36(39(9)10)30(8)47-35(36)44/h12-20,23,27-33,41-42,45H,21-22H2,1-11H3,(H,38,43)/b15-12-,17-13+,18-14+,20-16+,26-19-. The molecule has 0 aromatic rings. The first-order valence-corrected chi connectivity index (χ1v) is 16.2. The second-order valence-electron chi connectivity index (χ2n) is 13.0. The largest absolute Gasteiger partial charge is 0.458 e. The van der Waals surface area contributed by atoms with Gasteiger partial charge in [-0.05, 0) is 66.6 Å². The average Bonchev–Trinajstić information content (AvgIpc) is 3.02. The summed E-state index contributed by atoms with van der Waals surface area (Å²) in [5, 5.41) is 36.3. The van der Waals surface area contributed by atoms with Crippen LogP contribution in [0, 0.1) is 17.8 Å². The van der Waals surface area contributed by atoms with Crippen LogP contribution in [0.1, 0.15) is 61.8 Å². The van der Waals surface area contributed by atoms with Gasteiger partial charge < -0.3 is 34.9 Å². The van der Waals surface area contributed by atoms with Gasteiger partial charge in [-0.15, -0.1) is 0 Å². The normalized spacial score (nSPS) is 24.1. The Balaban J connectivity index is 2.79. The lowest BCUT2D eigenvalue weighted by molar-refractivity contribution is -0.274. The zero-order valence-electron chi connectivity index (χ0n) is 30.1. The molecule has 1 saturated heterocycles. The lowest BCUT2D eigenvalue weighted by Gasteiger charge is -2.60. The number of nitrogens with one attached hydrogen (secondary N) is 1. The Morgan fingerprint density at radius 1 is 1.09 bits per heavy atom. The number of amides is 1. The Hall–Kier alpha value is -3.15. The van der Waals surface area contributed by atoms with Gasteiger partial charge in [-0.3, -0.25) is 9.69 Å². The molecule has 0 aromatic heterocycles. The van der Waals surface area contributed by atoms with Crippen LogP contribution < -0.4 is 5.32 Å². The van der Waals surface area contributed by atoms with E-state index >= 15 is 0 Å². The molecule has 1 rings (SSSR count). The number of esters is 1. The molecule has 9 unspecified atom stereocenters. The lowest BCUT2D eigenvalue weighted by Crippen LogP contribution is -2.84. The summed E-state index contributed by atoms with van der Waals surface area (Å²) < 4.78 is 10.9. The Morgan fingerprint density at radius 2 is 1.72 bits per heavy atom. The molecule has 0 aliphatic carbocycles. The fraction of sp³-hybridized carbons (Fsp3) is 0.595. The highest BCUT2D eigenvalue weighted by atomic mass is 16.6. The van der Waals surface area contributed by atoms with Gasteiger partial charge >= 0.3 is 5.97 Å². The minimum Gasteiger partial charge on any atom is -0.458 e. The van der Waals surface area contributed by atoms with Gasteiger partial charge in [0.2, 0.25) is 5.91 Å². The van der Waals surface area contributed by atoms with E-state index in [9.17, 15) is 29.7 Å². The van der Waals surface area contributed by atoms with E-state index in [2.05, 4.69) is 19.2 Å². The van der Waals surface area contributed by atoms with Crippen molar-refractivity contribution >= 4 is 18.2 Å². The molecular formula is C37H58N2O8. The van der Waals surface area contributed by atoms with Crippen molar-refractivity contribution in [3.05, 3.63) is 71.4 Å². The number of likely N-dealkylation sites (N-methyl/N-ethyl adjacent to an activating group) is 1. The van der Waals surface area contributed by atoms with Crippen LogP contribution in [0.5, 0.6) is 0 Å². The van der Waals surface area contributed by atoms with Gasteiger partial charge in [-0.2, -0.15) is 0 Å². The summed E-state index contributed by atoms with van der Waals surface area (Å²) in [7, 11) is 4.70. The topological polar surface area (TPSA) is 146 Å². The second kappa shape index (κ2) is 19.0. The third-order valence-electron chi connectivity index (χ3n) is 9.36. The molecule has 1 fully saturated rings. The second-order valence-corrected chi connectivity index (χ2v) is 13.0. The number of carbonyl (C=O) groups excluding carboxylic acids is 3. The third-order valence-corrected chi connectivity index (χ3v) is 9.36. The van der Waals surface area contributed by atoms with Crippen molar-refractivity contribution in [2.24, 2.45) is 17.8 Å². The molecule has 1 aliphatic heterocycles. The van der Waals surface area contributed by atoms with Crippen LogP contribution in [-0.2, 0) is 23.9 Å². The molecule has 0 radical (unpaired) electrons. The van der Waals surface area contributed by atoms with Gasteiger partial charge in [0, 0.05) is 19.6 Å². The number of hydrogen-bond donors (Lipinski definition) is 4. The summed E-state index contributed by atoms with van der Waals surface area (Å²) >= 11 is 0. The maximum absolute atomic E-state index is 12.9. The van der Waals surface area contributed by atoms with E-state index in [1.54, 1.807) is 77.1 Å². The molecule has 264 valence electrons. The highest BCUT2D eigenvalue weighted by molar-refractivity contribution is 5.90. The molecule has 47 heavy (non-hydrogen) atoms. The van der Waals surface area contributed by atoms with Crippen molar-refractivity contribution in [1.29, 1.82) is 0 Å². The molecule has 1 aliphatic rings. The smallest absolute Gasteiger partial charge is 0.333 e. The number of methoxy groups -OCH3 is 1.